The Labute approximate surface area is 92.5 Å². The van der Waals surface area contributed by atoms with Crippen molar-refractivity contribution in [2.75, 3.05) is 0 Å². The SMILES string of the molecule is C=C(C)CC(O)CCc1cccc(C)c1. The summed E-state index contributed by atoms with van der Waals surface area (Å²) in [6.45, 7) is 7.85. The Morgan fingerprint density at radius 1 is 1.47 bits per heavy atom. The Kier molecular flexibility index (Phi) is 4.57. The zero-order chi connectivity index (χ0) is 11.3. The Morgan fingerprint density at radius 2 is 2.20 bits per heavy atom. The molecule has 1 rings (SSSR count). The Balaban J connectivity index is 2.40. The van der Waals surface area contributed by atoms with E-state index in [9.17, 15) is 5.11 Å². The van der Waals surface area contributed by atoms with Crippen molar-refractivity contribution in [3.05, 3.63) is 47.5 Å². The van der Waals surface area contributed by atoms with Gasteiger partial charge in [-0.1, -0.05) is 35.4 Å². The number of hydrogen-bond acceptors (Lipinski definition) is 1. The minimum absolute atomic E-state index is 0.247. The first kappa shape index (κ1) is 12.0. The summed E-state index contributed by atoms with van der Waals surface area (Å²) < 4.78 is 0. The van der Waals surface area contributed by atoms with Gasteiger partial charge in [-0.3, -0.25) is 0 Å². The van der Waals surface area contributed by atoms with Crippen LogP contribution in [0.15, 0.2) is 36.4 Å². The predicted molar refractivity (Wildman–Crippen MR) is 64.9 cm³/mol. The summed E-state index contributed by atoms with van der Waals surface area (Å²) in [5.41, 5.74) is 3.63. The fraction of sp³-hybridized carbons (Fsp3) is 0.429. The van der Waals surface area contributed by atoms with Crippen LogP contribution in [-0.2, 0) is 6.42 Å². The van der Waals surface area contributed by atoms with Crippen molar-refractivity contribution < 1.29 is 5.11 Å². The molecule has 0 amide bonds. The van der Waals surface area contributed by atoms with Gasteiger partial charge in [0, 0.05) is 0 Å². The van der Waals surface area contributed by atoms with E-state index >= 15 is 0 Å². The van der Waals surface area contributed by atoms with Crippen LogP contribution < -0.4 is 0 Å². The van der Waals surface area contributed by atoms with Gasteiger partial charge in [0.1, 0.15) is 0 Å². The summed E-state index contributed by atoms with van der Waals surface area (Å²) in [4.78, 5) is 0. The van der Waals surface area contributed by atoms with Crippen molar-refractivity contribution in [2.24, 2.45) is 0 Å². The number of aliphatic hydroxyl groups excluding tert-OH is 1. The molecule has 1 aromatic rings. The molecule has 1 heteroatoms. The molecule has 0 aliphatic rings. The molecular formula is C14H20O. The van der Waals surface area contributed by atoms with Crippen molar-refractivity contribution in [2.45, 2.75) is 39.2 Å². The van der Waals surface area contributed by atoms with E-state index in [0.717, 1.165) is 18.4 Å². The normalized spacial score (nSPS) is 12.5. The molecule has 0 spiro atoms. The van der Waals surface area contributed by atoms with Crippen LogP contribution in [0.1, 0.15) is 30.9 Å². The monoisotopic (exact) mass is 204 g/mol. The molecule has 0 aliphatic heterocycles. The summed E-state index contributed by atoms with van der Waals surface area (Å²) in [6.07, 6.45) is 2.22. The molecule has 0 aromatic heterocycles. The zero-order valence-corrected chi connectivity index (χ0v) is 9.66. The molecule has 1 N–H and O–H groups in total. The summed E-state index contributed by atoms with van der Waals surface area (Å²) in [5.74, 6) is 0. The average Bonchev–Trinajstić information content (AvgIpc) is 2.14. The van der Waals surface area contributed by atoms with E-state index in [4.69, 9.17) is 0 Å². The highest BCUT2D eigenvalue weighted by molar-refractivity contribution is 5.22. The van der Waals surface area contributed by atoms with Gasteiger partial charge in [-0.25, -0.2) is 0 Å². The molecule has 0 fully saturated rings. The van der Waals surface area contributed by atoms with Crippen molar-refractivity contribution in [3.63, 3.8) is 0 Å². The molecule has 1 atom stereocenters. The average molecular weight is 204 g/mol. The Hall–Kier alpha value is -1.08. The third-order valence-corrected chi connectivity index (χ3v) is 2.43. The smallest absolute Gasteiger partial charge is 0.0580 e. The third-order valence-electron chi connectivity index (χ3n) is 2.43. The van der Waals surface area contributed by atoms with Gasteiger partial charge in [-0.15, -0.1) is 6.58 Å². The Bertz CT molecular complexity index is 328. The van der Waals surface area contributed by atoms with Crippen LogP contribution in [0.5, 0.6) is 0 Å². The van der Waals surface area contributed by atoms with E-state index in [-0.39, 0.29) is 6.10 Å². The number of benzene rings is 1. The lowest BCUT2D eigenvalue weighted by Gasteiger charge is -2.10. The highest BCUT2D eigenvalue weighted by Gasteiger charge is 2.04. The first-order chi connectivity index (χ1) is 7.08. The van der Waals surface area contributed by atoms with Crippen LogP contribution in [0.3, 0.4) is 0 Å². The lowest BCUT2D eigenvalue weighted by Crippen LogP contribution is -2.08. The molecule has 0 saturated heterocycles. The van der Waals surface area contributed by atoms with Gasteiger partial charge in [0.05, 0.1) is 6.10 Å². The van der Waals surface area contributed by atoms with Crippen LogP contribution in [0.2, 0.25) is 0 Å². The molecule has 0 saturated carbocycles. The lowest BCUT2D eigenvalue weighted by atomic mass is 10.0. The first-order valence-electron chi connectivity index (χ1n) is 5.46. The fourth-order valence-corrected chi connectivity index (χ4v) is 1.71. The van der Waals surface area contributed by atoms with E-state index in [0.29, 0.717) is 6.42 Å². The molecule has 1 nitrogen and oxygen atoms in total. The number of rotatable bonds is 5. The zero-order valence-electron chi connectivity index (χ0n) is 9.66. The molecule has 1 aromatic carbocycles. The van der Waals surface area contributed by atoms with Gasteiger partial charge in [-0.05, 0) is 38.7 Å². The number of hydrogen-bond donors (Lipinski definition) is 1. The highest BCUT2D eigenvalue weighted by atomic mass is 16.3. The number of aryl methyl sites for hydroxylation is 2. The lowest BCUT2D eigenvalue weighted by molar-refractivity contribution is 0.165. The second kappa shape index (κ2) is 5.72. The fourth-order valence-electron chi connectivity index (χ4n) is 1.71. The van der Waals surface area contributed by atoms with Crippen molar-refractivity contribution in [1.29, 1.82) is 0 Å². The molecular weight excluding hydrogens is 184 g/mol. The van der Waals surface area contributed by atoms with Crippen LogP contribution in [-0.4, -0.2) is 11.2 Å². The van der Waals surface area contributed by atoms with Crippen molar-refractivity contribution in [3.8, 4) is 0 Å². The van der Waals surface area contributed by atoms with Crippen LogP contribution >= 0.6 is 0 Å². The van der Waals surface area contributed by atoms with E-state index in [1.54, 1.807) is 0 Å². The van der Waals surface area contributed by atoms with Gasteiger partial charge < -0.3 is 5.11 Å². The molecule has 0 heterocycles. The van der Waals surface area contributed by atoms with E-state index in [1.807, 2.05) is 6.92 Å². The molecule has 0 radical (unpaired) electrons. The molecule has 1 unspecified atom stereocenters. The second-order valence-electron chi connectivity index (χ2n) is 4.34. The quantitative estimate of drug-likeness (QED) is 0.730. The molecule has 0 bridgehead atoms. The maximum Gasteiger partial charge on any atom is 0.0580 e. The van der Waals surface area contributed by atoms with Crippen LogP contribution in [0, 0.1) is 6.92 Å². The van der Waals surface area contributed by atoms with Crippen LogP contribution in [0.25, 0.3) is 0 Å². The highest BCUT2D eigenvalue weighted by Crippen LogP contribution is 2.11. The minimum atomic E-state index is -0.247. The van der Waals surface area contributed by atoms with Gasteiger partial charge >= 0.3 is 0 Å². The van der Waals surface area contributed by atoms with Gasteiger partial charge in [-0.2, -0.15) is 0 Å². The van der Waals surface area contributed by atoms with E-state index in [1.165, 1.54) is 11.1 Å². The summed E-state index contributed by atoms with van der Waals surface area (Å²) in [5, 5.41) is 9.69. The third kappa shape index (κ3) is 4.80. The number of aliphatic hydroxyl groups is 1. The Morgan fingerprint density at radius 3 is 2.80 bits per heavy atom. The molecule has 0 aliphatic carbocycles. The van der Waals surface area contributed by atoms with E-state index in [2.05, 4.69) is 37.8 Å². The van der Waals surface area contributed by atoms with Gasteiger partial charge in [0.25, 0.3) is 0 Å². The summed E-state index contributed by atoms with van der Waals surface area (Å²) in [7, 11) is 0. The predicted octanol–water partition coefficient (Wildman–Crippen LogP) is 3.25. The molecule has 82 valence electrons. The maximum absolute atomic E-state index is 9.69. The second-order valence-corrected chi connectivity index (χ2v) is 4.34. The first-order valence-corrected chi connectivity index (χ1v) is 5.46. The minimum Gasteiger partial charge on any atom is -0.393 e. The largest absolute Gasteiger partial charge is 0.393 e. The topological polar surface area (TPSA) is 20.2 Å². The summed E-state index contributed by atoms with van der Waals surface area (Å²) >= 11 is 0. The maximum atomic E-state index is 9.69. The van der Waals surface area contributed by atoms with Crippen molar-refractivity contribution in [1.82, 2.24) is 0 Å². The van der Waals surface area contributed by atoms with Crippen LogP contribution in [0.4, 0.5) is 0 Å². The standard InChI is InChI=1S/C14H20O/c1-11(2)9-14(15)8-7-13-6-4-5-12(3)10-13/h4-6,10,14-15H,1,7-9H2,2-3H3. The van der Waals surface area contributed by atoms with E-state index < -0.39 is 0 Å². The van der Waals surface area contributed by atoms with Crippen molar-refractivity contribution >= 4 is 0 Å². The van der Waals surface area contributed by atoms with Gasteiger partial charge in [0.2, 0.25) is 0 Å². The van der Waals surface area contributed by atoms with Gasteiger partial charge in [0.15, 0.2) is 0 Å². The summed E-state index contributed by atoms with van der Waals surface area (Å²) in [6, 6.07) is 8.44. The molecule has 15 heavy (non-hydrogen) atoms.